The molecule has 62 valence electrons. The first-order valence-electron chi connectivity index (χ1n) is 3.31. The van der Waals surface area contributed by atoms with Gasteiger partial charge in [-0.15, -0.1) is 0 Å². The molecule has 0 aliphatic heterocycles. The number of hydrogen-bond donors (Lipinski definition) is 2. The van der Waals surface area contributed by atoms with Crippen molar-refractivity contribution in [3.05, 3.63) is 0 Å². The van der Waals surface area contributed by atoms with Gasteiger partial charge in [-0.05, 0) is 26.7 Å². The van der Waals surface area contributed by atoms with Gasteiger partial charge in [0.2, 0.25) is 0 Å². The van der Waals surface area contributed by atoms with Crippen LogP contribution in [0.1, 0.15) is 26.7 Å². The SMILES string of the molecule is CC(CCC(C)OO)OO. The van der Waals surface area contributed by atoms with Crippen molar-refractivity contribution in [2.75, 3.05) is 0 Å². The minimum atomic E-state index is -0.197. The Morgan fingerprint density at radius 1 is 1.00 bits per heavy atom. The molecular weight excluding hydrogens is 136 g/mol. The zero-order valence-corrected chi connectivity index (χ0v) is 6.28. The first-order valence-corrected chi connectivity index (χ1v) is 3.31. The second-order valence-electron chi connectivity index (χ2n) is 2.41. The van der Waals surface area contributed by atoms with E-state index in [1.54, 1.807) is 13.8 Å². The van der Waals surface area contributed by atoms with E-state index in [0.717, 1.165) is 0 Å². The van der Waals surface area contributed by atoms with Gasteiger partial charge < -0.3 is 0 Å². The molecule has 4 heteroatoms. The summed E-state index contributed by atoms with van der Waals surface area (Å²) in [5.74, 6) is 0. The summed E-state index contributed by atoms with van der Waals surface area (Å²) in [5, 5.41) is 16.2. The second-order valence-corrected chi connectivity index (χ2v) is 2.41. The predicted octanol–water partition coefficient (Wildman–Crippen LogP) is 1.52. The van der Waals surface area contributed by atoms with Crippen molar-refractivity contribution in [2.45, 2.75) is 38.9 Å². The van der Waals surface area contributed by atoms with Gasteiger partial charge in [0.05, 0.1) is 12.2 Å². The van der Waals surface area contributed by atoms with Crippen molar-refractivity contribution in [1.29, 1.82) is 0 Å². The standard InChI is InChI=1S/C6H14O4/c1-5(9-7)3-4-6(2)10-8/h5-8H,3-4H2,1-2H3. The minimum absolute atomic E-state index is 0.197. The highest BCUT2D eigenvalue weighted by atomic mass is 17.1. The molecule has 0 aromatic rings. The lowest BCUT2D eigenvalue weighted by atomic mass is 10.1. The van der Waals surface area contributed by atoms with Gasteiger partial charge in [0.15, 0.2) is 0 Å². The van der Waals surface area contributed by atoms with E-state index in [4.69, 9.17) is 10.5 Å². The molecule has 0 saturated carbocycles. The topological polar surface area (TPSA) is 58.9 Å². The molecule has 2 atom stereocenters. The Morgan fingerprint density at radius 2 is 1.30 bits per heavy atom. The monoisotopic (exact) mass is 150 g/mol. The van der Waals surface area contributed by atoms with Crippen LogP contribution in [0.25, 0.3) is 0 Å². The molecule has 2 N–H and O–H groups in total. The van der Waals surface area contributed by atoms with Crippen LogP contribution in [-0.4, -0.2) is 22.7 Å². The molecule has 0 amide bonds. The first kappa shape index (κ1) is 9.84. The lowest BCUT2D eigenvalue weighted by Crippen LogP contribution is -2.11. The molecule has 0 heterocycles. The third-order valence-electron chi connectivity index (χ3n) is 1.34. The van der Waals surface area contributed by atoms with E-state index < -0.39 is 0 Å². The van der Waals surface area contributed by atoms with Gasteiger partial charge in [-0.25, -0.2) is 9.78 Å². The number of hydrogen-bond acceptors (Lipinski definition) is 4. The minimum Gasteiger partial charge on any atom is -0.252 e. The third-order valence-corrected chi connectivity index (χ3v) is 1.34. The van der Waals surface area contributed by atoms with Crippen molar-refractivity contribution in [1.82, 2.24) is 0 Å². The van der Waals surface area contributed by atoms with E-state index in [1.807, 2.05) is 0 Å². The Kier molecular flexibility index (Phi) is 5.52. The smallest absolute Gasteiger partial charge is 0.0900 e. The fourth-order valence-electron chi connectivity index (χ4n) is 0.575. The molecule has 0 fully saturated rings. The lowest BCUT2D eigenvalue weighted by molar-refractivity contribution is -0.288. The fraction of sp³-hybridized carbons (Fsp3) is 1.00. The molecule has 0 radical (unpaired) electrons. The Hall–Kier alpha value is -0.160. The van der Waals surface area contributed by atoms with E-state index in [0.29, 0.717) is 12.8 Å². The molecule has 0 aliphatic carbocycles. The van der Waals surface area contributed by atoms with E-state index in [9.17, 15) is 0 Å². The van der Waals surface area contributed by atoms with E-state index >= 15 is 0 Å². The van der Waals surface area contributed by atoms with Crippen LogP contribution in [0.5, 0.6) is 0 Å². The van der Waals surface area contributed by atoms with Gasteiger partial charge in [0, 0.05) is 0 Å². The van der Waals surface area contributed by atoms with E-state index in [1.165, 1.54) is 0 Å². The van der Waals surface area contributed by atoms with Crippen LogP contribution in [0, 0.1) is 0 Å². The molecule has 2 unspecified atom stereocenters. The van der Waals surface area contributed by atoms with E-state index in [2.05, 4.69) is 9.78 Å². The largest absolute Gasteiger partial charge is 0.252 e. The third kappa shape index (κ3) is 4.69. The number of rotatable bonds is 5. The quantitative estimate of drug-likeness (QED) is 0.461. The van der Waals surface area contributed by atoms with Crippen molar-refractivity contribution in [3.8, 4) is 0 Å². The van der Waals surface area contributed by atoms with Gasteiger partial charge in [0.1, 0.15) is 0 Å². The Labute approximate surface area is 60.2 Å². The molecule has 4 nitrogen and oxygen atoms in total. The molecule has 0 spiro atoms. The van der Waals surface area contributed by atoms with Gasteiger partial charge in [-0.1, -0.05) is 0 Å². The fourth-order valence-corrected chi connectivity index (χ4v) is 0.575. The van der Waals surface area contributed by atoms with Crippen molar-refractivity contribution in [3.63, 3.8) is 0 Å². The van der Waals surface area contributed by atoms with Crippen LogP contribution in [0.4, 0.5) is 0 Å². The van der Waals surface area contributed by atoms with Crippen LogP contribution < -0.4 is 0 Å². The van der Waals surface area contributed by atoms with Crippen LogP contribution in [0.15, 0.2) is 0 Å². The summed E-state index contributed by atoms with van der Waals surface area (Å²) >= 11 is 0. The second kappa shape index (κ2) is 5.61. The summed E-state index contributed by atoms with van der Waals surface area (Å²) < 4.78 is 0. The molecule has 0 bridgehead atoms. The Morgan fingerprint density at radius 3 is 1.50 bits per heavy atom. The van der Waals surface area contributed by atoms with Crippen LogP contribution in [0.2, 0.25) is 0 Å². The van der Waals surface area contributed by atoms with Gasteiger partial charge in [0.25, 0.3) is 0 Å². The van der Waals surface area contributed by atoms with Crippen LogP contribution in [0.3, 0.4) is 0 Å². The summed E-state index contributed by atoms with van der Waals surface area (Å²) in [5.41, 5.74) is 0. The summed E-state index contributed by atoms with van der Waals surface area (Å²) in [6.07, 6.45) is 0.936. The van der Waals surface area contributed by atoms with Crippen molar-refractivity contribution < 1.29 is 20.3 Å². The van der Waals surface area contributed by atoms with Crippen LogP contribution >= 0.6 is 0 Å². The van der Waals surface area contributed by atoms with Gasteiger partial charge >= 0.3 is 0 Å². The van der Waals surface area contributed by atoms with Crippen LogP contribution in [-0.2, 0) is 9.78 Å². The maximum Gasteiger partial charge on any atom is 0.0900 e. The summed E-state index contributed by atoms with van der Waals surface area (Å²) in [6, 6.07) is 0. The molecule has 10 heavy (non-hydrogen) atoms. The highest BCUT2D eigenvalue weighted by molar-refractivity contribution is 4.53. The first-order chi connectivity index (χ1) is 4.70. The zero-order valence-electron chi connectivity index (χ0n) is 6.28. The maximum atomic E-state index is 8.12. The molecule has 0 aromatic heterocycles. The van der Waals surface area contributed by atoms with Crippen molar-refractivity contribution >= 4 is 0 Å². The Bertz CT molecular complexity index is 66.1. The average molecular weight is 150 g/mol. The molecule has 0 saturated heterocycles. The normalized spacial score (nSPS) is 16.8. The molecule has 0 aromatic carbocycles. The summed E-state index contributed by atoms with van der Waals surface area (Å²) in [4.78, 5) is 8.02. The summed E-state index contributed by atoms with van der Waals surface area (Å²) in [6.45, 7) is 3.48. The highest BCUT2D eigenvalue weighted by Crippen LogP contribution is 2.04. The van der Waals surface area contributed by atoms with Gasteiger partial charge in [-0.2, -0.15) is 0 Å². The molecule has 0 rings (SSSR count). The highest BCUT2D eigenvalue weighted by Gasteiger charge is 2.05. The molecule has 0 aliphatic rings. The lowest BCUT2D eigenvalue weighted by Gasteiger charge is -2.09. The predicted molar refractivity (Wildman–Crippen MR) is 35.6 cm³/mol. The van der Waals surface area contributed by atoms with Crippen molar-refractivity contribution in [2.24, 2.45) is 0 Å². The zero-order chi connectivity index (χ0) is 7.98. The average Bonchev–Trinajstić information content (AvgIpc) is 1.99. The van der Waals surface area contributed by atoms with E-state index in [-0.39, 0.29) is 12.2 Å². The molecular formula is C6H14O4. The van der Waals surface area contributed by atoms with Gasteiger partial charge in [-0.3, -0.25) is 10.5 Å². The maximum absolute atomic E-state index is 8.12. The summed E-state index contributed by atoms with van der Waals surface area (Å²) in [7, 11) is 0. The Balaban J connectivity index is 3.17.